The fraction of sp³-hybridized carbons (Fsp3) is 0.923. The second kappa shape index (κ2) is 4.02. The molecule has 1 aliphatic heterocycles. The topological polar surface area (TPSA) is 32.3 Å². The Kier molecular flexibility index (Phi) is 2.99. The molecule has 1 amide bonds. The predicted octanol–water partition coefficient (Wildman–Crippen LogP) is 1.98. The molecule has 16 heavy (non-hydrogen) atoms. The van der Waals surface area contributed by atoms with Gasteiger partial charge in [-0.2, -0.15) is 0 Å². The third-order valence-corrected chi connectivity index (χ3v) is 4.02. The van der Waals surface area contributed by atoms with Gasteiger partial charge in [0.1, 0.15) is 0 Å². The van der Waals surface area contributed by atoms with Crippen LogP contribution >= 0.6 is 0 Å². The molecule has 2 unspecified atom stereocenters. The van der Waals surface area contributed by atoms with E-state index >= 15 is 0 Å². The number of carbonyl (C=O) groups excluding carboxylic acids is 1. The molecule has 3 nitrogen and oxygen atoms in total. The molecule has 0 bridgehead atoms. The zero-order chi connectivity index (χ0) is 11.9. The molecule has 92 valence electrons. The van der Waals surface area contributed by atoms with Crippen LogP contribution in [0.25, 0.3) is 0 Å². The normalized spacial score (nSPS) is 34.1. The highest BCUT2D eigenvalue weighted by Crippen LogP contribution is 2.40. The monoisotopic (exact) mass is 224 g/mol. The summed E-state index contributed by atoms with van der Waals surface area (Å²) in [6.07, 6.45) is 3.82. The molecule has 1 saturated carbocycles. The lowest BCUT2D eigenvalue weighted by Crippen LogP contribution is -2.46. The van der Waals surface area contributed by atoms with Crippen LogP contribution in [0.1, 0.15) is 47.0 Å². The summed E-state index contributed by atoms with van der Waals surface area (Å²) in [5.41, 5.74) is 0.412. The van der Waals surface area contributed by atoms with Gasteiger partial charge in [0.2, 0.25) is 5.91 Å². The van der Waals surface area contributed by atoms with E-state index in [2.05, 4.69) is 37.9 Å². The number of rotatable bonds is 2. The van der Waals surface area contributed by atoms with Crippen molar-refractivity contribution in [2.24, 2.45) is 11.3 Å². The Morgan fingerprint density at radius 2 is 2.12 bits per heavy atom. The Balaban J connectivity index is 2.10. The van der Waals surface area contributed by atoms with E-state index in [0.29, 0.717) is 29.8 Å². The molecular formula is C13H24N2O. The first-order valence-corrected chi connectivity index (χ1v) is 6.45. The molecule has 0 aromatic rings. The van der Waals surface area contributed by atoms with Crippen LogP contribution in [0.5, 0.6) is 0 Å². The van der Waals surface area contributed by atoms with E-state index in [-0.39, 0.29) is 6.17 Å². The lowest BCUT2D eigenvalue weighted by molar-refractivity contribution is -0.130. The minimum absolute atomic E-state index is 0.256. The van der Waals surface area contributed by atoms with Crippen molar-refractivity contribution in [1.82, 2.24) is 10.2 Å². The quantitative estimate of drug-likeness (QED) is 0.778. The van der Waals surface area contributed by atoms with Crippen molar-refractivity contribution >= 4 is 5.91 Å². The summed E-state index contributed by atoms with van der Waals surface area (Å²) in [6.45, 7) is 9.52. The number of nitrogens with one attached hydrogen (secondary N) is 1. The largest absolute Gasteiger partial charge is 0.323 e. The molecule has 2 atom stereocenters. The van der Waals surface area contributed by atoms with Gasteiger partial charge in [0.05, 0.1) is 12.7 Å². The van der Waals surface area contributed by atoms with Gasteiger partial charge in [-0.3, -0.25) is 10.1 Å². The van der Waals surface area contributed by atoms with Crippen LogP contribution in [0.3, 0.4) is 0 Å². The Morgan fingerprint density at radius 3 is 2.62 bits per heavy atom. The average Bonchev–Trinajstić information content (AvgIpc) is 2.69. The SMILES string of the molecule is CC(C)C1NCC(=O)N1C1CCC(C)(C)C1. The maximum absolute atomic E-state index is 12.0. The van der Waals surface area contributed by atoms with E-state index in [1.54, 1.807) is 0 Å². The smallest absolute Gasteiger partial charge is 0.238 e. The van der Waals surface area contributed by atoms with E-state index in [0.717, 1.165) is 6.42 Å². The maximum Gasteiger partial charge on any atom is 0.238 e. The first kappa shape index (κ1) is 11.9. The molecule has 2 fully saturated rings. The van der Waals surface area contributed by atoms with E-state index in [1.807, 2.05) is 0 Å². The molecule has 3 heteroatoms. The Bertz CT molecular complexity index is 286. The molecule has 1 aliphatic carbocycles. The van der Waals surface area contributed by atoms with Crippen LogP contribution in [0.4, 0.5) is 0 Å². The molecule has 0 aromatic heterocycles. The minimum atomic E-state index is 0.256. The number of hydrogen-bond donors (Lipinski definition) is 1. The fourth-order valence-corrected chi connectivity index (χ4v) is 3.16. The Morgan fingerprint density at radius 1 is 1.44 bits per heavy atom. The standard InChI is InChI=1S/C13H24N2O/c1-9(2)12-14-8-11(16)15(12)10-5-6-13(3,4)7-10/h9-10,12,14H,5-8H2,1-4H3. The molecule has 1 saturated heterocycles. The van der Waals surface area contributed by atoms with E-state index in [1.165, 1.54) is 12.8 Å². The van der Waals surface area contributed by atoms with Crippen molar-refractivity contribution < 1.29 is 4.79 Å². The zero-order valence-corrected chi connectivity index (χ0v) is 10.9. The van der Waals surface area contributed by atoms with E-state index < -0.39 is 0 Å². The van der Waals surface area contributed by atoms with Gasteiger partial charge in [0.15, 0.2) is 0 Å². The van der Waals surface area contributed by atoms with Crippen molar-refractivity contribution in [1.29, 1.82) is 0 Å². The van der Waals surface area contributed by atoms with E-state index in [4.69, 9.17) is 0 Å². The van der Waals surface area contributed by atoms with Crippen LogP contribution in [0, 0.1) is 11.3 Å². The predicted molar refractivity (Wildman–Crippen MR) is 64.9 cm³/mol. The lowest BCUT2D eigenvalue weighted by Gasteiger charge is -2.33. The van der Waals surface area contributed by atoms with Crippen molar-refractivity contribution in [3.05, 3.63) is 0 Å². The number of hydrogen-bond acceptors (Lipinski definition) is 2. The van der Waals surface area contributed by atoms with Gasteiger partial charge in [-0.1, -0.05) is 27.7 Å². The molecule has 1 heterocycles. The van der Waals surface area contributed by atoms with Gasteiger partial charge in [-0.25, -0.2) is 0 Å². The summed E-state index contributed by atoms with van der Waals surface area (Å²) in [5, 5.41) is 3.34. The van der Waals surface area contributed by atoms with Crippen LogP contribution in [-0.2, 0) is 4.79 Å². The summed E-state index contributed by atoms with van der Waals surface area (Å²) >= 11 is 0. The third kappa shape index (κ3) is 2.10. The van der Waals surface area contributed by atoms with Gasteiger partial charge in [-0.05, 0) is 30.6 Å². The van der Waals surface area contributed by atoms with Crippen LogP contribution in [-0.4, -0.2) is 29.6 Å². The average molecular weight is 224 g/mol. The van der Waals surface area contributed by atoms with Gasteiger partial charge in [0.25, 0.3) is 0 Å². The van der Waals surface area contributed by atoms with Crippen LogP contribution < -0.4 is 5.32 Å². The van der Waals surface area contributed by atoms with E-state index in [9.17, 15) is 4.79 Å². The van der Waals surface area contributed by atoms with Gasteiger partial charge in [-0.15, -0.1) is 0 Å². The van der Waals surface area contributed by atoms with Crippen molar-refractivity contribution in [3.8, 4) is 0 Å². The summed E-state index contributed by atoms with van der Waals surface area (Å²) in [4.78, 5) is 14.1. The number of nitrogens with zero attached hydrogens (tertiary/aromatic N) is 1. The summed E-state index contributed by atoms with van der Waals surface area (Å²) < 4.78 is 0. The maximum atomic E-state index is 12.0. The Labute approximate surface area is 98.6 Å². The minimum Gasteiger partial charge on any atom is -0.323 e. The summed E-state index contributed by atoms with van der Waals surface area (Å²) in [6, 6.07) is 0.463. The summed E-state index contributed by atoms with van der Waals surface area (Å²) in [5.74, 6) is 0.788. The highest BCUT2D eigenvalue weighted by atomic mass is 16.2. The van der Waals surface area contributed by atoms with Gasteiger partial charge >= 0.3 is 0 Å². The van der Waals surface area contributed by atoms with Crippen LogP contribution in [0.2, 0.25) is 0 Å². The number of carbonyl (C=O) groups is 1. The molecule has 0 radical (unpaired) electrons. The van der Waals surface area contributed by atoms with Crippen molar-refractivity contribution in [2.75, 3.05) is 6.54 Å². The van der Waals surface area contributed by atoms with Gasteiger partial charge < -0.3 is 4.90 Å². The molecule has 0 spiro atoms. The summed E-state index contributed by atoms with van der Waals surface area (Å²) in [7, 11) is 0. The zero-order valence-electron chi connectivity index (χ0n) is 10.9. The molecular weight excluding hydrogens is 200 g/mol. The van der Waals surface area contributed by atoms with Crippen molar-refractivity contribution in [3.63, 3.8) is 0 Å². The van der Waals surface area contributed by atoms with Crippen molar-refractivity contribution in [2.45, 2.75) is 59.2 Å². The fourth-order valence-electron chi connectivity index (χ4n) is 3.16. The molecule has 2 rings (SSSR count). The highest BCUT2D eigenvalue weighted by Gasteiger charge is 2.42. The first-order valence-electron chi connectivity index (χ1n) is 6.45. The second-order valence-electron chi connectivity index (χ2n) is 6.43. The second-order valence-corrected chi connectivity index (χ2v) is 6.43. The Hall–Kier alpha value is -0.570. The van der Waals surface area contributed by atoms with Crippen LogP contribution in [0.15, 0.2) is 0 Å². The van der Waals surface area contributed by atoms with Gasteiger partial charge in [0, 0.05) is 6.04 Å². The highest BCUT2D eigenvalue weighted by molar-refractivity contribution is 5.81. The molecule has 0 aromatic carbocycles. The third-order valence-electron chi connectivity index (χ3n) is 4.02. The lowest BCUT2D eigenvalue weighted by atomic mass is 9.91. The number of amides is 1. The molecule has 1 N–H and O–H groups in total. The first-order chi connectivity index (χ1) is 7.41. The molecule has 2 aliphatic rings.